The first-order valence-corrected chi connectivity index (χ1v) is 7.01. The molecule has 21 heavy (non-hydrogen) atoms. The largest absolute Gasteiger partial charge is 0.469 e. The summed E-state index contributed by atoms with van der Waals surface area (Å²) in [6.45, 7) is 5.93. The van der Waals surface area contributed by atoms with Gasteiger partial charge in [-0.2, -0.15) is 0 Å². The van der Waals surface area contributed by atoms with Crippen molar-refractivity contribution in [2.45, 2.75) is 38.7 Å². The van der Waals surface area contributed by atoms with Gasteiger partial charge in [0, 0.05) is 6.54 Å². The van der Waals surface area contributed by atoms with Crippen LogP contribution in [-0.2, 0) is 14.3 Å². The molecule has 0 fully saturated rings. The Hall–Kier alpha value is -2.04. The number of amides is 1. The molecule has 0 unspecified atom stereocenters. The van der Waals surface area contributed by atoms with Gasteiger partial charge in [0.05, 0.1) is 18.7 Å². The van der Waals surface area contributed by atoms with Crippen LogP contribution in [0.15, 0.2) is 24.3 Å². The Labute approximate surface area is 124 Å². The number of anilines is 1. The lowest BCUT2D eigenvalue weighted by Crippen LogP contribution is -2.41. The Morgan fingerprint density at radius 2 is 1.90 bits per heavy atom. The fraction of sp³-hybridized carbons (Fsp3) is 0.500. The Morgan fingerprint density at radius 3 is 2.52 bits per heavy atom. The van der Waals surface area contributed by atoms with Crippen molar-refractivity contribution < 1.29 is 19.1 Å². The third-order valence-electron chi connectivity index (χ3n) is 3.34. The van der Waals surface area contributed by atoms with E-state index < -0.39 is 11.7 Å². The number of fused-ring (bicyclic) bond motifs is 1. The highest BCUT2D eigenvalue weighted by Gasteiger charge is 2.34. The summed E-state index contributed by atoms with van der Waals surface area (Å²) in [4.78, 5) is 25.8. The number of carbonyl (C=O) groups is 2. The summed E-state index contributed by atoms with van der Waals surface area (Å²) in [6, 6.07) is 7.38. The van der Waals surface area contributed by atoms with Crippen LogP contribution >= 0.6 is 0 Å². The van der Waals surface area contributed by atoms with Crippen LogP contribution in [0.3, 0.4) is 0 Å². The van der Waals surface area contributed by atoms with Gasteiger partial charge in [0.15, 0.2) is 0 Å². The molecular weight excluding hydrogens is 270 g/mol. The van der Waals surface area contributed by atoms with Crippen molar-refractivity contribution in [1.82, 2.24) is 0 Å². The molecule has 1 heterocycles. The quantitative estimate of drug-likeness (QED) is 0.746. The first-order chi connectivity index (χ1) is 9.83. The topological polar surface area (TPSA) is 55.8 Å². The van der Waals surface area contributed by atoms with Crippen LogP contribution in [0.4, 0.5) is 10.5 Å². The van der Waals surface area contributed by atoms with E-state index in [1.54, 1.807) is 4.90 Å². The molecule has 1 aromatic carbocycles. The monoisotopic (exact) mass is 291 g/mol. The predicted octanol–water partition coefficient (Wildman–Crippen LogP) is 3.09. The molecule has 0 aliphatic carbocycles. The molecular formula is C16H21NO4. The number of para-hydroxylation sites is 1. The number of nitrogens with zero attached hydrogens (tertiary/aromatic N) is 1. The average Bonchev–Trinajstić information content (AvgIpc) is 2.43. The second-order valence-corrected chi connectivity index (χ2v) is 6.06. The van der Waals surface area contributed by atoms with Crippen LogP contribution in [0.1, 0.15) is 38.7 Å². The fourth-order valence-electron chi connectivity index (χ4n) is 2.46. The SMILES string of the molecule is COC(=O)[C@H]1CCN(C(=O)OC(C)(C)C)c2ccccc21. The van der Waals surface area contributed by atoms with Crippen molar-refractivity contribution in [3.63, 3.8) is 0 Å². The first kappa shape index (κ1) is 15.4. The number of esters is 1. The molecule has 114 valence electrons. The predicted molar refractivity (Wildman–Crippen MR) is 79.4 cm³/mol. The molecule has 0 saturated carbocycles. The molecule has 1 aromatic rings. The molecule has 0 N–H and O–H groups in total. The lowest BCUT2D eigenvalue weighted by molar-refractivity contribution is -0.142. The van der Waals surface area contributed by atoms with Gasteiger partial charge in [-0.05, 0) is 38.8 Å². The zero-order chi connectivity index (χ0) is 15.6. The summed E-state index contributed by atoms with van der Waals surface area (Å²) >= 11 is 0. The zero-order valence-corrected chi connectivity index (χ0v) is 12.9. The van der Waals surface area contributed by atoms with E-state index in [1.807, 2.05) is 45.0 Å². The van der Waals surface area contributed by atoms with Gasteiger partial charge >= 0.3 is 12.1 Å². The van der Waals surface area contributed by atoms with E-state index in [4.69, 9.17) is 9.47 Å². The van der Waals surface area contributed by atoms with Crippen LogP contribution < -0.4 is 4.90 Å². The second kappa shape index (κ2) is 5.76. The van der Waals surface area contributed by atoms with Crippen LogP contribution in [-0.4, -0.2) is 31.3 Å². The summed E-state index contributed by atoms with van der Waals surface area (Å²) in [5.74, 6) is -0.601. The van der Waals surface area contributed by atoms with Gasteiger partial charge in [0.25, 0.3) is 0 Å². The summed E-state index contributed by atoms with van der Waals surface area (Å²) in [6.07, 6.45) is 0.140. The first-order valence-electron chi connectivity index (χ1n) is 7.01. The van der Waals surface area contributed by atoms with Gasteiger partial charge < -0.3 is 9.47 Å². The van der Waals surface area contributed by atoms with Crippen LogP contribution in [0.25, 0.3) is 0 Å². The molecule has 5 nitrogen and oxygen atoms in total. The number of ether oxygens (including phenoxy) is 2. The third kappa shape index (κ3) is 3.35. The molecule has 2 rings (SSSR count). The van der Waals surface area contributed by atoms with Gasteiger partial charge in [0.2, 0.25) is 0 Å². The van der Waals surface area contributed by atoms with E-state index in [-0.39, 0.29) is 11.9 Å². The molecule has 0 bridgehead atoms. The lowest BCUT2D eigenvalue weighted by atomic mass is 9.90. The highest BCUT2D eigenvalue weighted by Crippen LogP contribution is 2.36. The smallest absolute Gasteiger partial charge is 0.414 e. The maximum atomic E-state index is 12.3. The maximum Gasteiger partial charge on any atom is 0.414 e. The summed E-state index contributed by atoms with van der Waals surface area (Å²) < 4.78 is 10.3. The van der Waals surface area contributed by atoms with E-state index in [2.05, 4.69) is 0 Å². The Morgan fingerprint density at radius 1 is 1.24 bits per heavy atom. The minimum atomic E-state index is -0.550. The van der Waals surface area contributed by atoms with Gasteiger partial charge in [-0.25, -0.2) is 4.79 Å². The standard InChI is InChI=1S/C16H21NO4/c1-16(2,3)21-15(19)17-10-9-12(14(18)20-4)11-7-5-6-8-13(11)17/h5-8,12H,9-10H2,1-4H3/t12-/m0/s1. The Bertz CT molecular complexity index is 547. The number of methoxy groups -OCH3 is 1. The van der Waals surface area contributed by atoms with Crippen molar-refractivity contribution in [3.05, 3.63) is 29.8 Å². The molecule has 5 heteroatoms. The van der Waals surface area contributed by atoms with E-state index >= 15 is 0 Å². The van der Waals surface area contributed by atoms with E-state index in [9.17, 15) is 9.59 Å². The number of hydrogen-bond donors (Lipinski definition) is 0. The molecule has 0 radical (unpaired) electrons. The minimum absolute atomic E-state index is 0.272. The van der Waals surface area contributed by atoms with Crippen molar-refractivity contribution in [2.75, 3.05) is 18.6 Å². The van der Waals surface area contributed by atoms with Crippen LogP contribution in [0.2, 0.25) is 0 Å². The summed E-state index contributed by atoms with van der Waals surface area (Å²) in [5, 5.41) is 0. The molecule has 0 aromatic heterocycles. The summed E-state index contributed by atoms with van der Waals surface area (Å²) in [5.41, 5.74) is 0.973. The molecule has 0 saturated heterocycles. The second-order valence-electron chi connectivity index (χ2n) is 6.06. The Kier molecular flexibility index (Phi) is 4.21. The lowest BCUT2D eigenvalue weighted by Gasteiger charge is -2.34. The van der Waals surface area contributed by atoms with Crippen molar-refractivity contribution >= 4 is 17.7 Å². The van der Waals surface area contributed by atoms with Crippen molar-refractivity contribution in [3.8, 4) is 0 Å². The zero-order valence-electron chi connectivity index (χ0n) is 12.9. The average molecular weight is 291 g/mol. The highest BCUT2D eigenvalue weighted by atomic mass is 16.6. The van der Waals surface area contributed by atoms with Crippen LogP contribution in [0.5, 0.6) is 0 Å². The highest BCUT2D eigenvalue weighted by molar-refractivity contribution is 5.92. The Balaban J connectivity index is 2.31. The van der Waals surface area contributed by atoms with E-state index in [1.165, 1.54) is 7.11 Å². The van der Waals surface area contributed by atoms with Gasteiger partial charge in [-0.3, -0.25) is 9.69 Å². The molecule has 1 aliphatic heterocycles. The molecule has 0 spiro atoms. The number of benzene rings is 1. The molecule has 1 aliphatic rings. The maximum absolute atomic E-state index is 12.3. The van der Waals surface area contributed by atoms with Gasteiger partial charge in [-0.1, -0.05) is 18.2 Å². The molecule has 1 amide bonds. The third-order valence-corrected chi connectivity index (χ3v) is 3.34. The summed E-state index contributed by atoms with van der Waals surface area (Å²) in [7, 11) is 1.38. The van der Waals surface area contributed by atoms with Crippen molar-refractivity contribution in [2.24, 2.45) is 0 Å². The van der Waals surface area contributed by atoms with Crippen molar-refractivity contribution in [1.29, 1.82) is 0 Å². The van der Waals surface area contributed by atoms with E-state index in [0.29, 0.717) is 18.7 Å². The van der Waals surface area contributed by atoms with Gasteiger partial charge in [0.1, 0.15) is 5.60 Å². The van der Waals surface area contributed by atoms with Gasteiger partial charge in [-0.15, -0.1) is 0 Å². The van der Waals surface area contributed by atoms with Crippen LogP contribution in [0, 0.1) is 0 Å². The number of hydrogen-bond acceptors (Lipinski definition) is 4. The fourth-order valence-corrected chi connectivity index (χ4v) is 2.46. The van der Waals surface area contributed by atoms with E-state index in [0.717, 1.165) is 5.56 Å². The minimum Gasteiger partial charge on any atom is -0.469 e. The molecule has 1 atom stereocenters. The normalized spacial score (nSPS) is 17.9. The number of rotatable bonds is 1. The number of carbonyl (C=O) groups excluding carboxylic acids is 2.